The number of carbonyl (C=O) groups is 11. The molecule has 10 N–H and O–H groups in total. The van der Waals surface area contributed by atoms with Gasteiger partial charge < -0.3 is 104 Å². The molecule has 0 saturated carbocycles. The van der Waals surface area contributed by atoms with Crippen molar-refractivity contribution < 1.29 is 135 Å². The van der Waals surface area contributed by atoms with Crippen molar-refractivity contribution in [1.82, 2.24) is 21.3 Å². The van der Waals surface area contributed by atoms with E-state index < -0.39 is 17.9 Å². The second kappa shape index (κ2) is 131. The van der Waals surface area contributed by atoms with E-state index >= 15 is 0 Å². The van der Waals surface area contributed by atoms with Gasteiger partial charge in [0.1, 0.15) is 69.4 Å². The summed E-state index contributed by atoms with van der Waals surface area (Å²) in [5.41, 5.74) is 0. The van der Waals surface area contributed by atoms with E-state index in [0.717, 1.165) is 0 Å². The average molecular weight is 1440 g/mol. The summed E-state index contributed by atoms with van der Waals surface area (Å²) < 4.78 is 53.7. The van der Waals surface area contributed by atoms with Gasteiger partial charge in [-0.25, -0.2) is 14.4 Å². The molecule has 0 saturated heterocycles. The van der Waals surface area contributed by atoms with Crippen LogP contribution in [-0.2, 0) is 105 Å². The van der Waals surface area contributed by atoms with E-state index in [1.807, 2.05) is 27.7 Å². The Hall–Kier alpha value is -5.59. The van der Waals surface area contributed by atoms with E-state index in [1.165, 1.54) is 27.7 Å². The number of aliphatic carboxylic acids is 3. The highest BCUT2D eigenvalue weighted by atomic mass is 16.5. The highest BCUT2D eigenvalue weighted by Crippen LogP contribution is 1.84. The lowest BCUT2D eigenvalue weighted by molar-refractivity contribution is -0.143. The fourth-order valence-corrected chi connectivity index (χ4v) is 3.78. The van der Waals surface area contributed by atoms with Crippen molar-refractivity contribution in [1.29, 1.82) is 0 Å². The van der Waals surface area contributed by atoms with Gasteiger partial charge in [-0.3, -0.25) is 38.4 Å². The van der Waals surface area contributed by atoms with Crippen LogP contribution in [0.2, 0.25) is 0 Å². The molecule has 0 unspecified atom stereocenters. The van der Waals surface area contributed by atoms with Crippen LogP contribution in [0.4, 0.5) is 0 Å². The van der Waals surface area contributed by atoms with Crippen LogP contribution in [0.25, 0.3) is 0 Å². The Balaban J connectivity index is -0.0000000360. The molecule has 602 valence electrons. The topological polar surface area (TPSA) is 459 Å². The van der Waals surface area contributed by atoms with Gasteiger partial charge in [0, 0.05) is 66.1 Å². The Morgan fingerprint density at radius 2 is 0.392 bits per heavy atom. The molecule has 0 radical (unpaired) electrons. The molecular weight excluding hydrogens is 1280 g/mol. The summed E-state index contributed by atoms with van der Waals surface area (Å²) in [5, 5.41) is 58.4. The molecule has 0 aliphatic rings. The predicted octanol–water partition coefficient (Wildman–Crippen LogP) is 6.29. The number of rotatable bonds is 47. The number of carboxylic acids is 3. The van der Waals surface area contributed by atoms with Crippen LogP contribution in [0.1, 0.15) is 179 Å². The Kier molecular flexibility index (Phi) is 203. The standard InChI is InChI=1S/4C9H17NO4.3C5H10O4.14CH4/c4*1-3-13-4-5-14-7-9(12)10-6-8(2)11;3*6-2-1-3-9-4-5(7)8;;;;;;;;;;;;;;/h4*3-7H2,1-2H3,(H,10,12);3*6H,1-4H2,(H,7,8);14*1H4. The Morgan fingerprint density at radius 1 is 0.247 bits per heavy atom. The fourth-order valence-electron chi connectivity index (χ4n) is 3.78. The van der Waals surface area contributed by atoms with Crippen LogP contribution < -0.4 is 21.3 Å². The number of carboxylic acid groups (broad SMARTS) is 3. The van der Waals surface area contributed by atoms with Gasteiger partial charge in [0.25, 0.3) is 0 Å². The molecule has 0 heterocycles. The number of ketones is 4. The van der Waals surface area contributed by atoms with Gasteiger partial charge in [-0.2, -0.15) is 0 Å². The first-order valence-electron chi connectivity index (χ1n) is 26.3. The van der Waals surface area contributed by atoms with Gasteiger partial charge in [-0.05, 0) is 74.7 Å². The third kappa shape index (κ3) is 194. The molecule has 0 aromatic rings. The third-order valence-corrected chi connectivity index (χ3v) is 7.39. The second-order valence-electron chi connectivity index (χ2n) is 15.5. The molecule has 32 nitrogen and oxygen atoms in total. The van der Waals surface area contributed by atoms with Gasteiger partial charge in [-0.1, -0.05) is 104 Å². The molecule has 0 aromatic heterocycles. The number of nitrogens with one attached hydrogen (secondary N) is 4. The zero-order chi connectivity index (χ0) is 64.6. The van der Waals surface area contributed by atoms with Crippen LogP contribution in [0.3, 0.4) is 0 Å². The smallest absolute Gasteiger partial charge is 0.329 e. The predicted molar refractivity (Wildman–Crippen MR) is 389 cm³/mol. The quantitative estimate of drug-likeness (QED) is 0.0299. The van der Waals surface area contributed by atoms with E-state index in [1.54, 1.807) is 0 Å². The summed E-state index contributed by atoms with van der Waals surface area (Å²) in [4.78, 5) is 115. The zero-order valence-electron chi connectivity index (χ0n) is 49.8. The van der Waals surface area contributed by atoms with Crippen LogP contribution >= 0.6 is 0 Å². The SMILES string of the molecule is C.C.C.C.C.C.C.C.C.C.C.C.C.C.CCOCCOCC(=O)NCC(C)=O.CCOCCOCC(=O)NCC(C)=O.CCOCCOCC(=O)NCC(C)=O.CCOCCOCC(=O)NCC(C)=O.O=C(O)COCCCO.O=C(O)COCCCO.O=C(O)COCCCO. The number of ether oxygens (including phenoxy) is 11. The molecule has 0 aliphatic carbocycles. The van der Waals surface area contributed by atoms with E-state index in [4.69, 9.17) is 68.5 Å². The summed E-state index contributed by atoms with van der Waals surface area (Å²) in [6.45, 7) is 19.6. The first kappa shape index (κ1) is 151. The maximum absolute atomic E-state index is 11.0. The first-order valence-corrected chi connectivity index (χ1v) is 26.3. The fraction of sp³-hybridized carbons (Fsp3) is 0.831. The molecule has 0 fully saturated rings. The molecule has 4 amide bonds. The summed E-state index contributed by atoms with van der Waals surface area (Å²) >= 11 is 0. The number of hydrogen-bond donors (Lipinski definition) is 10. The van der Waals surface area contributed by atoms with Crippen LogP contribution in [0, 0.1) is 0 Å². The summed E-state index contributed by atoms with van der Waals surface area (Å²) in [5.74, 6) is -4.36. The van der Waals surface area contributed by atoms with Crippen LogP contribution in [0.5, 0.6) is 0 Å². The second-order valence-corrected chi connectivity index (χ2v) is 15.5. The number of aliphatic hydroxyl groups is 3. The number of Topliss-reactive ketones (excluding diaryl/α,β-unsaturated/α-hetero) is 4. The number of carbonyl (C=O) groups excluding carboxylic acids is 8. The van der Waals surface area contributed by atoms with Crippen molar-refractivity contribution in [3.8, 4) is 0 Å². The Bertz CT molecular complexity index is 1390. The summed E-state index contributed by atoms with van der Waals surface area (Å²) in [6.07, 6.45) is 1.48. The van der Waals surface area contributed by atoms with E-state index in [2.05, 4.69) is 35.5 Å². The molecule has 0 bridgehead atoms. The number of hydrogen-bond acceptors (Lipinski definition) is 25. The molecular formula is C65H154N4O28. The number of amides is 4. The van der Waals surface area contributed by atoms with Crippen molar-refractivity contribution in [2.45, 2.75) is 179 Å². The monoisotopic (exact) mass is 1440 g/mol. The number of aliphatic hydroxyl groups excluding tert-OH is 3. The molecule has 0 rings (SSSR count). The lowest BCUT2D eigenvalue weighted by atomic mass is 10.4. The van der Waals surface area contributed by atoms with E-state index in [-0.39, 0.29) is 243 Å². The van der Waals surface area contributed by atoms with E-state index in [0.29, 0.717) is 118 Å². The molecule has 97 heavy (non-hydrogen) atoms. The van der Waals surface area contributed by atoms with Crippen molar-refractivity contribution in [2.24, 2.45) is 0 Å². The van der Waals surface area contributed by atoms with Crippen molar-refractivity contribution >= 4 is 64.7 Å². The van der Waals surface area contributed by atoms with Crippen LogP contribution in [0.15, 0.2) is 0 Å². The molecule has 0 aliphatic heterocycles. The summed E-state index contributed by atoms with van der Waals surface area (Å²) in [7, 11) is 0. The van der Waals surface area contributed by atoms with Crippen LogP contribution in [-0.4, -0.2) is 287 Å². The minimum absolute atomic E-state index is 0. The Morgan fingerprint density at radius 3 is 0.515 bits per heavy atom. The van der Waals surface area contributed by atoms with E-state index in [9.17, 15) is 52.7 Å². The summed E-state index contributed by atoms with van der Waals surface area (Å²) in [6, 6.07) is 0. The lowest BCUT2D eigenvalue weighted by Crippen LogP contribution is -2.31. The third-order valence-electron chi connectivity index (χ3n) is 7.39. The largest absolute Gasteiger partial charge is 0.480 e. The molecule has 0 aromatic carbocycles. The molecule has 0 atom stereocenters. The van der Waals surface area contributed by atoms with Gasteiger partial charge in [0.15, 0.2) is 0 Å². The van der Waals surface area contributed by atoms with Gasteiger partial charge in [0.05, 0.1) is 79.0 Å². The normalized spacial score (nSPS) is 8.32. The molecule has 0 spiro atoms. The lowest BCUT2D eigenvalue weighted by Gasteiger charge is -2.04. The minimum atomic E-state index is -0.979. The highest BCUT2D eigenvalue weighted by Gasteiger charge is 2.05. The molecule has 32 heteroatoms. The maximum Gasteiger partial charge on any atom is 0.329 e. The first-order chi connectivity index (χ1) is 39.5. The zero-order valence-corrected chi connectivity index (χ0v) is 49.8. The maximum atomic E-state index is 11.0. The average Bonchev–Trinajstić information content (AvgIpc) is 3.43. The van der Waals surface area contributed by atoms with Crippen molar-refractivity contribution in [3.05, 3.63) is 0 Å². The van der Waals surface area contributed by atoms with Gasteiger partial charge in [0.2, 0.25) is 23.6 Å². The van der Waals surface area contributed by atoms with Gasteiger partial charge >= 0.3 is 17.9 Å². The highest BCUT2D eigenvalue weighted by molar-refractivity contribution is 5.86. The van der Waals surface area contributed by atoms with Crippen molar-refractivity contribution in [3.63, 3.8) is 0 Å². The minimum Gasteiger partial charge on any atom is -0.480 e. The Labute approximate surface area is 589 Å². The van der Waals surface area contributed by atoms with Crippen molar-refractivity contribution in [2.75, 3.05) is 191 Å². The van der Waals surface area contributed by atoms with Gasteiger partial charge in [-0.15, -0.1) is 0 Å².